The maximum Gasteiger partial charge on any atom is 0.255 e. The molecule has 1 spiro atoms. The van der Waals surface area contributed by atoms with E-state index in [9.17, 15) is 9.59 Å². The van der Waals surface area contributed by atoms with Crippen LogP contribution in [0.15, 0.2) is 18.5 Å². The van der Waals surface area contributed by atoms with Crippen molar-refractivity contribution in [2.24, 2.45) is 5.41 Å². The van der Waals surface area contributed by atoms with E-state index < -0.39 is 0 Å². The molecule has 0 unspecified atom stereocenters. The largest absolute Gasteiger partial charge is 0.348 e. The highest BCUT2D eigenvalue weighted by molar-refractivity contribution is 5.94. The lowest BCUT2D eigenvalue weighted by Gasteiger charge is -2.38. The van der Waals surface area contributed by atoms with Gasteiger partial charge in [-0.1, -0.05) is 0 Å². The molecular formula is C18H27N3O2. The molecule has 3 heterocycles. The average Bonchev–Trinajstić information content (AvgIpc) is 3.05. The smallest absolute Gasteiger partial charge is 0.255 e. The van der Waals surface area contributed by atoms with Crippen molar-refractivity contribution in [1.29, 1.82) is 0 Å². The monoisotopic (exact) mass is 317 g/mol. The number of hydrogen-bond donors (Lipinski definition) is 0. The zero-order chi connectivity index (χ0) is 16.8. The first-order valence-corrected chi connectivity index (χ1v) is 8.42. The van der Waals surface area contributed by atoms with Gasteiger partial charge in [0.15, 0.2) is 0 Å². The van der Waals surface area contributed by atoms with Gasteiger partial charge in [0.25, 0.3) is 5.91 Å². The predicted octanol–water partition coefficient (Wildman–Crippen LogP) is 2.33. The summed E-state index contributed by atoms with van der Waals surface area (Å²) in [5, 5.41) is 0. The number of carbonyl (C=O) groups is 2. The highest BCUT2D eigenvalue weighted by atomic mass is 16.2. The zero-order valence-electron chi connectivity index (χ0n) is 14.6. The van der Waals surface area contributed by atoms with E-state index in [0.29, 0.717) is 6.42 Å². The fourth-order valence-corrected chi connectivity index (χ4v) is 3.74. The topological polar surface area (TPSA) is 45.5 Å². The molecule has 3 rings (SSSR count). The Morgan fingerprint density at radius 2 is 1.87 bits per heavy atom. The Morgan fingerprint density at radius 1 is 1.22 bits per heavy atom. The summed E-state index contributed by atoms with van der Waals surface area (Å²) in [5.74, 6) is 0.354. The molecule has 2 aliphatic rings. The minimum Gasteiger partial charge on any atom is -0.348 e. The van der Waals surface area contributed by atoms with Crippen LogP contribution in [-0.4, -0.2) is 52.9 Å². The third-order valence-electron chi connectivity index (χ3n) is 5.35. The molecular weight excluding hydrogens is 290 g/mol. The van der Waals surface area contributed by atoms with Crippen molar-refractivity contribution >= 4 is 11.8 Å². The van der Waals surface area contributed by atoms with Crippen LogP contribution in [0.1, 0.15) is 50.4 Å². The molecule has 5 heteroatoms. The Hall–Kier alpha value is -1.78. The number of aromatic nitrogens is 1. The van der Waals surface area contributed by atoms with E-state index in [0.717, 1.165) is 38.0 Å². The third-order valence-corrected chi connectivity index (χ3v) is 5.35. The van der Waals surface area contributed by atoms with Crippen LogP contribution in [0.5, 0.6) is 0 Å². The average molecular weight is 317 g/mol. The van der Waals surface area contributed by atoms with Crippen molar-refractivity contribution in [2.75, 3.05) is 26.7 Å². The molecule has 2 aliphatic heterocycles. The van der Waals surface area contributed by atoms with Crippen LogP contribution >= 0.6 is 0 Å². The number of carbonyl (C=O) groups excluding carboxylic acids is 2. The van der Waals surface area contributed by atoms with Gasteiger partial charge < -0.3 is 14.4 Å². The summed E-state index contributed by atoms with van der Waals surface area (Å²) in [5.41, 5.74) is 0.842. The number of rotatable bonds is 1. The summed E-state index contributed by atoms with van der Waals surface area (Å²) in [4.78, 5) is 28.3. The molecule has 0 aromatic carbocycles. The van der Waals surface area contributed by atoms with Gasteiger partial charge in [-0.25, -0.2) is 0 Å². The molecule has 1 aromatic heterocycles. The Kier molecular flexibility index (Phi) is 3.77. The second-order valence-electron chi connectivity index (χ2n) is 8.20. The molecule has 1 aromatic rings. The summed E-state index contributed by atoms with van der Waals surface area (Å²) >= 11 is 0. The highest BCUT2D eigenvalue weighted by Crippen LogP contribution is 2.40. The highest BCUT2D eigenvalue weighted by Gasteiger charge is 2.44. The van der Waals surface area contributed by atoms with Crippen molar-refractivity contribution in [3.8, 4) is 0 Å². The molecule has 0 radical (unpaired) electrons. The van der Waals surface area contributed by atoms with Crippen molar-refractivity contribution in [1.82, 2.24) is 14.4 Å². The normalized spacial score (nSPS) is 21.3. The molecule has 0 N–H and O–H groups in total. The first kappa shape index (κ1) is 16.1. The quantitative estimate of drug-likeness (QED) is 0.798. The van der Waals surface area contributed by atoms with E-state index in [-0.39, 0.29) is 22.8 Å². The fraction of sp³-hybridized carbons (Fsp3) is 0.667. The van der Waals surface area contributed by atoms with Crippen molar-refractivity contribution in [3.05, 3.63) is 24.0 Å². The van der Waals surface area contributed by atoms with Gasteiger partial charge in [0, 0.05) is 56.5 Å². The van der Waals surface area contributed by atoms with E-state index in [4.69, 9.17) is 0 Å². The Balaban J connectivity index is 1.65. The van der Waals surface area contributed by atoms with Crippen LogP contribution in [0.25, 0.3) is 0 Å². The standard InChI is InChI=1S/C18H27N3O2/c1-17(2,3)21-8-5-14(12-21)16(23)20-9-6-18(7-10-20)11-15(22)19(4)13-18/h5,8,12H,6-7,9-11,13H2,1-4H3. The van der Waals surface area contributed by atoms with E-state index >= 15 is 0 Å². The van der Waals surface area contributed by atoms with Crippen LogP contribution in [0, 0.1) is 5.41 Å². The van der Waals surface area contributed by atoms with Crippen LogP contribution in [-0.2, 0) is 10.3 Å². The second-order valence-corrected chi connectivity index (χ2v) is 8.20. The first-order chi connectivity index (χ1) is 10.7. The molecule has 2 saturated heterocycles. The number of amides is 2. The van der Waals surface area contributed by atoms with E-state index in [1.54, 1.807) is 0 Å². The first-order valence-electron chi connectivity index (χ1n) is 8.42. The maximum atomic E-state index is 12.7. The number of likely N-dealkylation sites (tertiary alicyclic amines) is 2. The fourth-order valence-electron chi connectivity index (χ4n) is 3.74. The molecule has 5 nitrogen and oxygen atoms in total. The lowest BCUT2D eigenvalue weighted by atomic mass is 9.77. The Morgan fingerprint density at radius 3 is 2.35 bits per heavy atom. The Bertz CT molecular complexity index is 618. The molecule has 2 amide bonds. The maximum absolute atomic E-state index is 12.7. The van der Waals surface area contributed by atoms with Gasteiger partial charge in [-0.3, -0.25) is 9.59 Å². The van der Waals surface area contributed by atoms with E-state index in [2.05, 4.69) is 25.3 Å². The summed E-state index contributed by atoms with van der Waals surface area (Å²) in [7, 11) is 1.88. The van der Waals surface area contributed by atoms with Crippen LogP contribution < -0.4 is 0 Å². The van der Waals surface area contributed by atoms with Crippen LogP contribution in [0.4, 0.5) is 0 Å². The molecule has 2 fully saturated rings. The minimum absolute atomic E-state index is 0.0146. The van der Waals surface area contributed by atoms with Gasteiger partial charge in [-0.05, 0) is 39.7 Å². The zero-order valence-corrected chi connectivity index (χ0v) is 14.6. The molecule has 23 heavy (non-hydrogen) atoms. The van der Waals surface area contributed by atoms with E-state index in [1.165, 1.54) is 0 Å². The molecule has 0 atom stereocenters. The third kappa shape index (κ3) is 3.01. The van der Waals surface area contributed by atoms with Gasteiger partial charge >= 0.3 is 0 Å². The molecule has 0 bridgehead atoms. The van der Waals surface area contributed by atoms with Crippen molar-refractivity contribution in [3.63, 3.8) is 0 Å². The second kappa shape index (κ2) is 5.39. The number of piperidine rings is 1. The predicted molar refractivity (Wildman–Crippen MR) is 89.3 cm³/mol. The molecule has 0 saturated carbocycles. The minimum atomic E-state index is -0.0146. The lowest BCUT2D eigenvalue weighted by Crippen LogP contribution is -2.44. The number of hydrogen-bond acceptors (Lipinski definition) is 2. The van der Waals surface area contributed by atoms with Crippen molar-refractivity contribution in [2.45, 2.75) is 45.6 Å². The van der Waals surface area contributed by atoms with Gasteiger partial charge in [-0.2, -0.15) is 0 Å². The Labute approximate surface area is 138 Å². The molecule has 0 aliphatic carbocycles. The van der Waals surface area contributed by atoms with Crippen LogP contribution in [0.2, 0.25) is 0 Å². The van der Waals surface area contributed by atoms with E-state index in [1.807, 2.05) is 35.3 Å². The van der Waals surface area contributed by atoms with Gasteiger partial charge in [0.2, 0.25) is 5.91 Å². The summed E-state index contributed by atoms with van der Waals surface area (Å²) < 4.78 is 2.08. The van der Waals surface area contributed by atoms with Gasteiger partial charge in [0.05, 0.1) is 5.56 Å². The lowest BCUT2D eigenvalue weighted by molar-refractivity contribution is -0.126. The van der Waals surface area contributed by atoms with Gasteiger partial charge in [0.1, 0.15) is 0 Å². The summed E-state index contributed by atoms with van der Waals surface area (Å²) in [6, 6.07) is 1.91. The van der Waals surface area contributed by atoms with Crippen molar-refractivity contribution < 1.29 is 9.59 Å². The molecule has 126 valence electrons. The number of nitrogens with zero attached hydrogens (tertiary/aromatic N) is 3. The summed E-state index contributed by atoms with van der Waals surface area (Å²) in [6.45, 7) is 8.72. The summed E-state index contributed by atoms with van der Waals surface area (Å²) in [6.07, 6.45) is 6.42. The van der Waals surface area contributed by atoms with Gasteiger partial charge in [-0.15, -0.1) is 0 Å². The SMILES string of the molecule is CN1CC2(CCN(C(=O)c3ccn(C(C)(C)C)c3)CC2)CC1=O. The van der Waals surface area contributed by atoms with Crippen LogP contribution in [0.3, 0.4) is 0 Å².